The number of carbonyl (C=O) groups excluding carboxylic acids is 1. The van der Waals surface area contributed by atoms with Crippen LogP contribution in [0.15, 0.2) is 42.6 Å². The van der Waals surface area contributed by atoms with Crippen LogP contribution in [0.3, 0.4) is 0 Å². The number of hydroxylamine groups is 1. The summed E-state index contributed by atoms with van der Waals surface area (Å²) in [7, 11) is 0. The standard InChI is InChI=1S/C19H21ClN4O2.2ClH/c20-16-11-14(7-8-18(25)23-26)12-21-19(16)22-17-6-2-1-5-15(17)13-24-9-3-4-10-24;;/h1-2,5-8,11-12,26H,3-4,9-10,13H2,(H,21,22)(H,23,25);2*1H/b8-7+;;. The van der Waals surface area contributed by atoms with Crippen LogP contribution in [0.1, 0.15) is 24.0 Å². The number of pyridine rings is 1. The van der Waals surface area contributed by atoms with Crippen LogP contribution in [0.2, 0.25) is 5.02 Å². The topological polar surface area (TPSA) is 77.5 Å². The predicted molar refractivity (Wildman–Crippen MR) is 117 cm³/mol. The molecule has 1 aromatic carbocycles. The van der Waals surface area contributed by atoms with Gasteiger partial charge in [-0.2, -0.15) is 0 Å². The van der Waals surface area contributed by atoms with Crippen LogP contribution in [0.4, 0.5) is 11.5 Å². The first-order valence-corrected chi connectivity index (χ1v) is 8.88. The van der Waals surface area contributed by atoms with Crippen LogP contribution in [-0.4, -0.2) is 34.1 Å². The molecular formula is C19H23Cl3N4O2. The van der Waals surface area contributed by atoms with Gasteiger partial charge in [-0.25, -0.2) is 10.5 Å². The number of hydrogen-bond donors (Lipinski definition) is 3. The molecule has 3 N–H and O–H groups in total. The Morgan fingerprint density at radius 2 is 1.96 bits per heavy atom. The number of amides is 1. The van der Waals surface area contributed by atoms with Crippen LogP contribution in [0.25, 0.3) is 6.08 Å². The Morgan fingerprint density at radius 1 is 1.25 bits per heavy atom. The second kappa shape index (κ2) is 11.9. The molecule has 1 amide bonds. The first-order chi connectivity index (χ1) is 12.7. The Morgan fingerprint density at radius 3 is 2.64 bits per heavy atom. The molecule has 1 saturated heterocycles. The summed E-state index contributed by atoms with van der Waals surface area (Å²) in [4.78, 5) is 17.8. The van der Waals surface area contributed by atoms with Crippen molar-refractivity contribution in [3.8, 4) is 0 Å². The average Bonchev–Trinajstić information content (AvgIpc) is 3.16. The molecule has 0 atom stereocenters. The van der Waals surface area contributed by atoms with E-state index >= 15 is 0 Å². The zero-order chi connectivity index (χ0) is 18.4. The molecule has 0 bridgehead atoms. The van der Waals surface area contributed by atoms with Gasteiger partial charge in [-0.3, -0.25) is 14.9 Å². The number of benzene rings is 1. The number of hydrogen-bond acceptors (Lipinski definition) is 5. The van der Waals surface area contributed by atoms with Gasteiger partial charge in [0.25, 0.3) is 5.91 Å². The minimum Gasteiger partial charge on any atom is -0.339 e. The Labute approximate surface area is 181 Å². The third-order valence-electron chi connectivity index (χ3n) is 4.26. The average molecular weight is 446 g/mol. The maximum atomic E-state index is 11.0. The largest absolute Gasteiger partial charge is 0.339 e. The smallest absolute Gasteiger partial charge is 0.267 e. The molecule has 0 spiro atoms. The first-order valence-electron chi connectivity index (χ1n) is 8.50. The molecule has 3 rings (SSSR count). The fourth-order valence-electron chi connectivity index (χ4n) is 2.93. The van der Waals surface area contributed by atoms with Crippen molar-refractivity contribution in [2.75, 3.05) is 18.4 Å². The molecule has 6 nitrogen and oxygen atoms in total. The van der Waals surface area contributed by atoms with E-state index in [-0.39, 0.29) is 24.8 Å². The fraction of sp³-hybridized carbons (Fsp3) is 0.263. The number of rotatable bonds is 6. The number of carbonyl (C=O) groups is 1. The van der Waals surface area contributed by atoms with Gasteiger partial charge in [0.1, 0.15) is 5.82 Å². The molecule has 9 heteroatoms. The Kier molecular flexibility index (Phi) is 10.3. The molecule has 0 unspecified atom stereocenters. The van der Waals surface area contributed by atoms with E-state index in [9.17, 15) is 4.79 Å². The Balaban J connectivity index is 0.00000196. The van der Waals surface area contributed by atoms with E-state index in [0.29, 0.717) is 16.4 Å². The molecular weight excluding hydrogens is 423 g/mol. The van der Waals surface area contributed by atoms with Gasteiger partial charge in [0.05, 0.1) is 5.02 Å². The highest BCUT2D eigenvalue weighted by Crippen LogP contribution is 2.27. The second-order valence-electron chi connectivity index (χ2n) is 6.17. The fourth-order valence-corrected chi connectivity index (χ4v) is 3.16. The lowest BCUT2D eigenvalue weighted by Crippen LogP contribution is -2.19. The van der Waals surface area contributed by atoms with Gasteiger partial charge in [0.15, 0.2) is 0 Å². The summed E-state index contributed by atoms with van der Waals surface area (Å²) in [6.07, 6.45) is 6.85. The summed E-state index contributed by atoms with van der Waals surface area (Å²) in [5, 5.41) is 12.3. The zero-order valence-corrected chi connectivity index (χ0v) is 17.5. The van der Waals surface area contributed by atoms with Crippen molar-refractivity contribution in [3.05, 3.63) is 58.8 Å². The highest BCUT2D eigenvalue weighted by atomic mass is 35.5. The van der Waals surface area contributed by atoms with Crippen molar-refractivity contribution < 1.29 is 10.0 Å². The van der Waals surface area contributed by atoms with Gasteiger partial charge in [-0.15, -0.1) is 24.8 Å². The van der Waals surface area contributed by atoms with Crippen molar-refractivity contribution in [2.24, 2.45) is 0 Å². The second-order valence-corrected chi connectivity index (χ2v) is 6.58. The van der Waals surface area contributed by atoms with E-state index in [1.165, 1.54) is 36.0 Å². The number of halogens is 3. The Hall–Kier alpha value is -1.83. The van der Waals surface area contributed by atoms with Gasteiger partial charge in [0.2, 0.25) is 0 Å². The summed E-state index contributed by atoms with van der Waals surface area (Å²) in [5.41, 5.74) is 4.38. The van der Waals surface area contributed by atoms with Crippen LogP contribution >= 0.6 is 36.4 Å². The van der Waals surface area contributed by atoms with E-state index in [0.717, 1.165) is 25.3 Å². The van der Waals surface area contributed by atoms with Crippen molar-refractivity contribution in [3.63, 3.8) is 0 Å². The van der Waals surface area contributed by atoms with Crippen molar-refractivity contribution in [1.82, 2.24) is 15.4 Å². The zero-order valence-electron chi connectivity index (χ0n) is 15.1. The number of aromatic nitrogens is 1. The molecule has 1 aromatic heterocycles. The molecule has 1 fully saturated rings. The lowest BCUT2D eigenvalue weighted by atomic mass is 10.1. The Bertz CT molecular complexity index is 812. The number of likely N-dealkylation sites (tertiary alicyclic amines) is 1. The van der Waals surface area contributed by atoms with Gasteiger partial charge in [0, 0.05) is 24.5 Å². The molecule has 2 heterocycles. The summed E-state index contributed by atoms with van der Waals surface area (Å²) in [5.74, 6) is -0.0523. The number of nitrogens with zero attached hydrogens (tertiary/aromatic N) is 2. The highest BCUT2D eigenvalue weighted by molar-refractivity contribution is 6.33. The van der Waals surface area contributed by atoms with Gasteiger partial charge in [-0.1, -0.05) is 29.8 Å². The van der Waals surface area contributed by atoms with E-state index in [1.54, 1.807) is 12.3 Å². The van der Waals surface area contributed by atoms with E-state index in [1.807, 2.05) is 18.2 Å². The van der Waals surface area contributed by atoms with Gasteiger partial charge in [-0.05, 0) is 55.3 Å². The summed E-state index contributed by atoms with van der Waals surface area (Å²) >= 11 is 6.33. The molecule has 0 saturated carbocycles. The van der Waals surface area contributed by atoms with Crippen LogP contribution in [0.5, 0.6) is 0 Å². The summed E-state index contributed by atoms with van der Waals surface area (Å²) < 4.78 is 0. The van der Waals surface area contributed by atoms with Gasteiger partial charge < -0.3 is 5.32 Å². The van der Waals surface area contributed by atoms with Crippen LogP contribution in [-0.2, 0) is 11.3 Å². The quantitative estimate of drug-likeness (QED) is 0.348. The lowest BCUT2D eigenvalue weighted by molar-refractivity contribution is -0.124. The molecule has 2 aromatic rings. The highest BCUT2D eigenvalue weighted by Gasteiger charge is 2.14. The summed E-state index contributed by atoms with van der Waals surface area (Å²) in [6.45, 7) is 3.17. The summed E-state index contributed by atoms with van der Waals surface area (Å²) in [6, 6.07) is 9.85. The normalized spacial score (nSPS) is 13.6. The maximum Gasteiger partial charge on any atom is 0.267 e. The number of nitrogens with one attached hydrogen (secondary N) is 2. The van der Waals surface area contributed by atoms with E-state index in [4.69, 9.17) is 16.8 Å². The maximum absolute atomic E-state index is 11.0. The van der Waals surface area contributed by atoms with Crippen molar-refractivity contribution in [2.45, 2.75) is 19.4 Å². The minimum atomic E-state index is -0.612. The van der Waals surface area contributed by atoms with Gasteiger partial charge >= 0.3 is 0 Å². The first kappa shape index (κ1) is 24.2. The van der Waals surface area contributed by atoms with Crippen LogP contribution < -0.4 is 10.8 Å². The predicted octanol–water partition coefficient (Wildman–Crippen LogP) is 4.44. The number of para-hydroxylation sites is 1. The lowest BCUT2D eigenvalue weighted by Gasteiger charge is -2.18. The van der Waals surface area contributed by atoms with Crippen LogP contribution in [0, 0.1) is 0 Å². The third-order valence-corrected chi connectivity index (χ3v) is 4.55. The molecule has 1 aliphatic rings. The molecule has 0 aliphatic carbocycles. The SMILES string of the molecule is Cl.Cl.O=C(/C=C/c1cnc(Nc2ccccc2CN2CCCC2)c(Cl)c1)NO. The molecule has 28 heavy (non-hydrogen) atoms. The molecule has 0 radical (unpaired) electrons. The third kappa shape index (κ3) is 6.65. The molecule has 1 aliphatic heterocycles. The number of anilines is 2. The van der Waals surface area contributed by atoms with Crippen molar-refractivity contribution in [1.29, 1.82) is 0 Å². The van der Waals surface area contributed by atoms with E-state index < -0.39 is 5.91 Å². The molecule has 152 valence electrons. The van der Waals surface area contributed by atoms with E-state index in [2.05, 4.69) is 21.3 Å². The minimum absolute atomic E-state index is 0. The monoisotopic (exact) mass is 444 g/mol. The van der Waals surface area contributed by atoms with Crippen molar-refractivity contribution >= 4 is 59.9 Å².